The normalized spacial score (nSPS) is 18.2. The largest absolute Gasteiger partial charge is 0.399 e. The molecule has 0 saturated carbocycles. The van der Waals surface area contributed by atoms with Crippen LogP contribution in [0, 0.1) is 41.4 Å². The number of nitrogens with one attached hydrogen (secondary N) is 10. The van der Waals surface area contributed by atoms with E-state index in [1.165, 1.54) is 31.1 Å². The van der Waals surface area contributed by atoms with Crippen LogP contribution in [0.3, 0.4) is 0 Å². The molecule has 1 aromatic carbocycles. The second-order valence-corrected chi connectivity index (χ2v) is 39.4. The van der Waals surface area contributed by atoms with E-state index in [1.807, 2.05) is 32.0 Å². The van der Waals surface area contributed by atoms with Crippen molar-refractivity contribution in [3.63, 3.8) is 0 Å². The number of amides is 13. The van der Waals surface area contributed by atoms with Gasteiger partial charge in [0.05, 0.1) is 201 Å². The minimum Gasteiger partial charge on any atom is -0.399 e. The van der Waals surface area contributed by atoms with Gasteiger partial charge in [-0.3, -0.25) is 52.7 Å². The number of nitrogens with zero attached hydrogens (tertiary/aromatic N) is 4. The zero-order chi connectivity index (χ0) is 106. The number of benzene rings is 1. The average molecular weight is 2040 g/mol. The van der Waals surface area contributed by atoms with Crippen molar-refractivity contribution in [2.24, 2.45) is 41.1 Å². The van der Waals surface area contributed by atoms with Gasteiger partial charge in [0.2, 0.25) is 65.0 Å². The minimum absolute atomic E-state index is 0.0101. The van der Waals surface area contributed by atoms with Crippen LogP contribution in [0.2, 0.25) is 0 Å². The second kappa shape index (κ2) is 73.2. The Hall–Kier alpha value is -9.00. The molecule has 41 nitrogen and oxygen atoms in total. The third kappa shape index (κ3) is 51.1. The van der Waals surface area contributed by atoms with Gasteiger partial charge in [0, 0.05) is 86.0 Å². The zero-order valence-electron chi connectivity index (χ0n) is 89.5. The number of hydrogen-bond acceptors (Lipinski definition) is 27. The number of aliphatic hydroxyl groups excluding tert-OH is 1. The van der Waals surface area contributed by atoms with Crippen LogP contribution in [0.25, 0.3) is 0 Å². The monoisotopic (exact) mass is 2040 g/mol. The standard InChI is InChI=1S/C103H180N16O25/c1-18-74(8)94(84(133-16)68-89(124)118-50-33-41-82(118)96(134-17)75(9)97(126)111-76(10)95(125)77-34-24-22-25-35-77)117(12)102(131)92(72(4)5)115-100(129)93(73(6)7)116(11)101(130)81(40-32-46-110-103(105)132)113-99(128)91(71(2)3)114-98(127)80(112-86(121)44-53-136-57-61-140-65-67-142-63-59-138-55-49-109-87(122)69-143-78-36-26-20-19-21-27-37-78)39-30-31-45-107-88(123)70-144-83-42-29-23-28-38-79(90(83)104)106-48-54-137-58-62-141-66-64-139-60-56-135-52-43-85(120)108-47-51-119(13,14)15/h22,24-25,34-35,71-76,78,80-84,91-96,106,125H,18-21,23,26,28-33,36,38-70,104H2,1-17H3,(H10-,105,107,108,109,110,111,112,113,114,115,120,121,122,123,126,127,128,129,132)/p+1/b90-79-/t74-,75+,76+,78?,80+,81-,82-,83?,84+,91-,92-,93-,94-,95+,96+/m0/s1. The Labute approximate surface area is 856 Å². The molecule has 1 heterocycles. The fourth-order valence-electron chi connectivity index (χ4n) is 17.3. The molecule has 0 spiro atoms. The molecule has 41 heteroatoms. The molecule has 822 valence electrons. The second-order valence-electron chi connectivity index (χ2n) is 39.4. The van der Waals surface area contributed by atoms with Gasteiger partial charge in [-0.1, -0.05) is 124 Å². The molecule has 1 fully saturated rings. The number of quaternary nitrogens is 1. The summed E-state index contributed by atoms with van der Waals surface area (Å²) in [5.74, 6) is -1.79. The Morgan fingerprint density at radius 3 is 1.65 bits per heavy atom. The van der Waals surface area contributed by atoms with Crippen LogP contribution in [0.4, 0.5) is 4.79 Å². The van der Waals surface area contributed by atoms with Crippen LogP contribution in [0.5, 0.6) is 0 Å². The highest BCUT2D eigenvalue weighted by molar-refractivity contribution is 5.97. The molecular formula is C103H181N16O25+. The molecule has 0 aromatic heterocycles. The van der Waals surface area contributed by atoms with Crippen LogP contribution in [0.1, 0.15) is 216 Å². The Morgan fingerprint density at radius 1 is 0.521 bits per heavy atom. The fraction of sp³-hybridized carbons (Fsp3) is 0.786. The molecule has 3 aliphatic rings. The van der Waals surface area contributed by atoms with Gasteiger partial charge in [0.1, 0.15) is 49.5 Å². The first-order chi connectivity index (χ1) is 68.8. The average Bonchev–Trinajstić information content (AvgIpc) is 1.50. The van der Waals surface area contributed by atoms with E-state index in [2.05, 4.69) is 86.2 Å². The van der Waals surface area contributed by atoms with Crippen LogP contribution in [0.15, 0.2) is 41.7 Å². The maximum atomic E-state index is 15.3. The molecule has 1 aliphatic heterocycles. The molecule has 15 atom stereocenters. The van der Waals surface area contributed by atoms with Gasteiger partial charge in [0.15, 0.2) is 0 Å². The lowest BCUT2D eigenvalue weighted by molar-refractivity contribution is -0.869. The van der Waals surface area contributed by atoms with Gasteiger partial charge in [0.25, 0.3) is 0 Å². The summed E-state index contributed by atoms with van der Waals surface area (Å²) in [7, 11) is 12.2. The van der Waals surface area contributed by atoms with E-state index in [0.29, 0.717) is 161 Å². The van der Waals surface area contributed by atoms with Crippen LogP contribution in [-0.2, 0) is 110 Å². The quantitative estimate of drug-likeness (QED) is 0.0250. The molecule has 15 N–H and O–H groups in total. The highest BCUT2D eigenvalue weighted by Crippen LogP contribution is 2.32. The van der Waals surface area contributed by atoms with Crippen molar-refractivity contribution in [3.8, 4) is 11.8 Å². The molecule has 144 heavy (non-hydrogen) atoms. The van der Waals surface area contributed by atoms with Crippen LogP contribution >= 0.6 is 0 Å². The summed E-state index contributed by atoms with van der Waals surface area (Å²) in [6, 6.07) is -0.0169. The third-order valence-corrected chi connectivity index (χ3v) is 25.8. The summed E-state index contributed by atoms with van der Waals surface area (Å²) in [6.45, 7) is 24.9. The number of likely N-dealkylation sites (N-methyl/N-ethyl adjacent to an activating group) is 3. The molecule has 0 bridgehead atoms. The number of aliphatic hydroxyl groups is 1. The van der Waals surface area contributed by atoms with Crippen molar-refractivity contribution in [2.45, 2.75) is 283 Å². The Bertz CT molecular complexity index is 3990. The molecule has 1 saturated heterocycles. The van der Waals surface area contributed by atoms with Crippen LogP contribution < -0.4 is 64.6 Å². The molecule has 4 rings (SSSR count). The van der Waals surface area contributed by atoms with E-state index in [1.54, 1.807) is 79.5 Å². The van der Waals surface area contributed by atoms with Gasteiger partial charge in [-0.05, 0) is 120 Å². The Kier molecular flexibility index (Phi) is 64.7. The molecule has 2 aliphatic carbocycles. The van der Waals surface area contributed by atoms with Gasteiger partial charge in [-0.15, -0.1) is 5.92 Å². The first kappa shape index (κ1) is 127. The maximum absolute atomic E-state index is 15.3. The van der Waals surface area contributed by atoms with E-state index >= 15 is 14.4 Å². The number of hydrogen-bond donors (Lipinski definition) is 13. The smallest absolute Gasteiger partial charge is 0.312 e. The molecule has 1 aromatic rings. The molecular weight excluding hydrogens is 1860 g/mol. The summed E-state index contributed by atoms with van der Waals surface area (Å²) in [5.41, 5.74) is 14.2. The number of carbonyl (C=O) groups excluding carboxylic acids is 12. The number of primary amides is 1. The van der Waals surface area contributed by atoms with Gasteiger partial charge >= 0.3 is 6.03 Å². The van der Waals surface area contributed by atoms with Gasteiger partial charge in [-0.25, -0.2) is 4.79 Å². The summed E-state index contributed by atoms with van der Waals surface area (Å²) >= 11 is 0. The SMILES string of the molecule is CC[C@H](C)[C@@H]([C@@H](CC(=O)N1CCC[C@H]1[C@H](OC)[C@@H](C)C(=O)N[C@H](C)[C@@H](O)c1ccccc1)OC)N(C)C(=O)[C@@H](NC(=O)[C@H](C(C)C)N(C)C(=O)[C@H](CCCNC(N)=O)NC(=O)[C@@H](NC(=O)[C@@H](CCCCNC(=O)COC1CCCCC/C(NCCOCCOCCOCCOCCC(=O)NCC[N+](C)(C)C)=C\1N)NC(=O)CCOCCOCCOCCOCCNC(=O)COC1C#CCCCCC1)C(C)C)C(C)C. The highest BCUT2D eigenvalue weighted by Gasteiger charge is 2.45. The van der Waals surface area contributed by atoms with Crippen molar-refractivity contribution in [1.82, 2.24) is 67.9 Å². The number of ether oxygens (including phenoxy) is 12. The number of likely N-dealkylation sites (tertiary alicyclic amines) is 1. The topological polar surface area (TPSA) is 518 Å². The van der Waals surface area contributed by atoms with E-state index in [0.717, 1.165) is 68.1 Å². The summed E-state index contributed by atoms with van der Waals surface area (Å²) in [6.07, 6.45) is 8.01. The Balaban J connectivity index is 1.42. The number of carbonyl (C=O) groups is 12. The first-order valence-corrected chi connectivity index (χ1v) is 52.2. The molecule has 0 radical (unpaired) electrons. The fourth-order valence-corrected chi connectivity index (χ4v) is 17.3. The third-order valence-electron chi connectivity index (χ3n) is 25.8. The lowest BCUT2D eigenvalue weighted by Crippen LogP contribution is -2.62. The predicted octanol–water partition coefficient (Wildman–Crippen LogP) is 3.93. The predicted molar refractivity (Wildman–Crippen MR) is 545 cm³/mol. The molecule has 2 unspecified atom stereocenters. The highest BCUT2D eigenvalue weighted by atomic mass is 16.6. The van der Waals surface area contributed by atoms with Gasteiger partial charge in [-0.2, -0.15) is 0 Å². The number of allylic oxidation sites excluding steroid dienone is 1. The lowest BCUT2D eigenvalue weighted by atomic mass is 9.89. The minimum atomic E-state index is -1.38. The number of unbranched alkanes of at least 4 members (excludes halogenated alkanes) is 1. The maximum Gasteiger partial charge on any atom is 0.312 e. The summed E-state index contributed by atoms with van der Waals surface area (Å²) in [5, 5.41) is 40.0. The number of methoxy groups -OCH3 is 2. The van der Waals surface area contributed by atoms with Crippen molar-refractivity contribution >= 4 is 71.0 Å². The van der Waals surface area contributed by atoms with Crippen LogP contribution in [-0.4, -0.2) is 382 Å². The number of urea groups is 1. The van der Waals surface area contributed by atoms with E-state index in [9.17, 15) is 48.3 Å². The van der Waals surface area contributed by atoms with E-state index in [-0.39, 0.29) is 127 Å². The zero-order valence-corrected chi connectivity index (χ0v) is 89.5. The van der Waals surface area contributed by atoms with Crippen molar-refractivity contribution in [1.29, 1.82) is 0 Å². The number of nitrogens with two attached hydrogens (primary N) is 2. The summed E-state index contributed by atoms with van der Waals surface area (Å²) < 4.78 is 70.0. The van der Waals surface area contributed by atoms with Gasteiger partial charge < -0.3 is 146 Å². The summed E-state index contributed by atoms with van der Waals surface area (Å²) in [4.78, 5) is 172. The van der Waals surface area contributed by atoms with Crippen molar-refractivity contribution < 1.29 is 124 Å². The first-order valence-electron chi connectivity index (χ1n) is 52.2. The molecule has 13 amide bonds. The van der Waals surface area contributed by atoms with Crippen molar-refractivity contribution in [3.05, 3.63) is 47.3 Å². The van der Waals surface area contributed by atoms with E-state index < -0.39 is 144 Å². The lowest BCUT2D eigenvalue weighted by Gasteiger charge is -2.41. The Morgan fingerprint density at radius 2 is 1.07 bits per heavy atom. The number of rotatable bonds is 76. The van der Waals surface area contributed by atoms with Crippen molar-refractivity contribution in [2.75, 3.05) is 214 Å². The van der Waals surface area contributed by atoms with E-state index in [4.69, 9.17) is 68.3 Å².